The SMILES string of the molecule is Cc1cscc1NC(C)Cc1ccsc1. The molecule has 0 spiro atoms. The summed E-state index contributed by atoms with van der Waals surface area (Å²) in [7, 11) is 0. The highest BCUT2D eigenvalue weighted by Crippen LogP contribution is 2.21. The first kappa shape index (κ1) is 10.7. The lowest BCUT2D eigenvalue weighted by Crippen LogP contribution is -2.17. The molecule has 0 saturated carbocycles. The Kier molecular flexibility index (Phi) is 3.44. The average Bonchev–Trinajstić information content (AvgIpc) is 2.79. The number of rotatable bonds is 4. The van der Waals surface area contributed by atoms with Crippen molar-refractivity contribution in [3.05, 3.63) is 38.7 Å². The van der Waals surface area contributed by atoms with Crippen molar-refractivity contribution in [2.24, 2.45) is 0 Å². The summed E-state index contributed by atoms with van der Waals surface area (Å²) >= 11 is 3.52. The summed E-state index contributed by atoms with van der Waals surface area (Å²) < 4.78 is 0. The summed E-state index contributed by atoms with van der Waals surface area (Å²) in [5.74, 6) is 0. The highest BCUT2D eigenvalue weighted by Gasteiger charge is 2.06. The molecule has 0 aliphatic carbocycles. The highest BCUT2D eigenvalue weighted by atomic mass is 32.1. The first-order valence-corrected chi connectivity index (χ1v) is 6.94. The van der Waals surface area contributed by atoms with Crippen LogP contribution in [0.25, 0.3) is 0 Å². The molecule has 3 heteroatoms. The van der Waals surface area contributed by atoms with E-state index in [1.165, 1.54) is 16.8 Å². The number of hydrogen-bond donors (Lipinski definition) is 1. The van der Waals surface area contributed by atoms with Crippen LogP contribution < -0.4 is 5.32 Å². The van der Waals surface area contributed by atoms with Crippen molar-refractivity contribution in [3.63, 3.8) is 0 Å². The third-order valence-corrected chi connectivity index (χ3v) is 3.97. The van der Waals surface area contributed by atoms with Crippen LogP contribution in [0.2, 0.25) is 0 Å². The van der Waals surface area contributed by atoms with Gasteiger partial charge in [-0.3, -0.25) is 0 Å². The average molecular weight is 237 g/mol. The Bertz CT molecular complexity index is 403. The molecule has 1 nitrogen and oxygen atoms in total. The third kappa shape index (κ3) is 2.83. The van der Waals surface area contributed by atoms with Crippen LogP contribution in [0.4, 0.5) is 5.69 Å². The number of thiophene rings is 2. The minimum Gasteiger partial charge on any atom is -0.381 e. The molecule has 0 aliphatic heterocycles. The fourth-order valence-corrected chi connectivity index (χ4v) is 3.06. The zero-order valence-electron chi connectivity index (χ0n) is 8.99. The van der Waals surface area contributed by atoms with Crippen LogP contribution >= 0.6 is 22.7 Å². The van der Waals surface area contributed by atoms with Crippen LogP contribution in [0.3, 0.4) is 0 Å². The van der Waals surface area contributed by atoms with Gasteiger partial charge < -0.3 is 5.32 Å². The van der Waals surface area contributed by atoms with E-state index >= 15 is 0 Å². The van der Waals surface area contributed by atoms with Gasteiger partial charge in [-0.15, -0.1) is 11.3 Å². The van der Waals surface area contributed by atoms with Crippen molar-refractivity contribution in [2.45, 2.75) is 26.3 Å². The lowest BCUT2D eigenvalue weighted by molar-refractivity contribution is 0.792. The van der Waals surface area contributed by atoms with Crippen molar-refractivity contribution in [1.82, 2.24) is 0 Å². The summed E-state index contributed by atoms with van der Waals surface area (Å²) in [5, 5.41) is 12.3. The third-order valence-electron chi connectivity index (χ3n) is 2.38. The number of nitrogens with one attached hydrogen (secondary N) is 1. The van der Waals surface area contributed by atoms with Gasteiger partial charge >= 0.3 is 0 Å². The molecular formula is C12H15NS2. The lowest BCUT2D eigenvalue weighted by Gasteiger charge is -2.14. The Labute approximate surface area is 98.8 Å². The zero-order valence-corrected chi connectivity index (χ0v) is 10.6. The van der Waals surface area contributed by atoms with Crippen LogP contribution in [0.1, 0.15) is 18.1 Å². The van der Waals surface area contributed by atoms with E-state index < -0.39 is 0 Å². The summed E-state index contributed by atoms with van der Waals surface area (Å²) in [6.07, 6.45) is 1.10. The fraction of sp³-hybridized carbons (Fsp3) is 0.333. The summed E-state index contributed by atoms with van der Waals surface area (Å²) in [5.41, 5.74) is 4.05. The highest BCUT2D eigenvalue weighted by molar-refractivity contribution is 7.08. The van der Waals surface area contributed by atoms with Crippen molar-refractivity contribution in [1.29, 1.82) is 0 Å². The van der Waals surface area contributed by atoms with Crippen LogP contribution in [0.5, 0.6) is 0 Å². The number of aryl methyl sites for hydroxylation is 1. The predicted octanol–water partition coefficient (Wildman–Crippen LogP) is 4.16. The van der Waals surface area contributed by atoms with Crippen LogP contribution in [-0.2, 0) is 6.42 Å². The molecule has 1 atom stereocenters. The molecule has 2 heterocycles. The summed E-state index contributed by atoms with van der Waals surface area (Å²) in [6.45, 7) is 4.38. The first-order valence-electron chi connectivity index (χ1n) is 5.06. The van der Waals surface area contributed by atoms with Gasteiger partial charge in [0, 0.05) is 17.1 Å². The van der Waals surface area contributed by atoms with Gasteiger partial charge in [0.25, 0.3) is 0 Å². The predicted molar refractivity (Wildman–Crippen MR) is 70.2 cm³/mol. The van der Waals surface area contributed by atoms with Gasteiger partial charge in [0.2, 0.25) is 0 Å². The standard InChI is InChI=1S/C12H15NS2/c1-9-6-15-8-12(9)13-10(2)5-11-3-4-14-7-11/h3-4,6-8,10,13H,5H2,1-2H3. The molecule has 0 aliphatic rings. The summed E-state index contributed by atoms with van der Waals surface area (Å²) in [4.78, 5) is 0. The minimum atomic E-state index is 0.493. The van der Waals surface area contributed by atoms with Crippen LogP contribution in [0, 0.1) is 6.92 Å². The van der Waals surface area contributed by atoms with Gasteiger partial charge in [-0.25, -0.2) is 0 Å². The Morgan fingerprint density at radius 2 is 2.13 bits per heavy atom. The minimum absolute atomic E-state index is 0.493. The smallest absolute Gasteiger partial charge is 0.0480 e. The quantitative estimate of drug-likeness (QED) is 0.842. The molecule has 2 aromatic rings. The molecule has 15 heavy (non-hydrogen) atoms. The Morgan fingerprint density at radius 1 is 1.27 bits per heavy atom. The van der Waals surface area contributed by atoms with E-state index in [0.717, 1.165) is 6.42 Å². The molecule has 0 amide bonds. The van der Waals surface area contributed by atoms with E-state index in [2.05, 4.69) is 46.8 Å². The molecule has 0 fully saturated rings. The molecule has 2 aromatic heterocycles. The van der Waals surface area contributed by atoms with Gasteiger partial charge in [0.05, 0.1) is 0 Å². The van der Waals surface area contributed by atoms with E-state index in [1.54, 1.807) is 22.7 Å². The molecule has 0 aromatic carbocycles. The van der Waals surface area contributed by atoms with Gasteiger partial charge in [-0.1, -0.05) is 0 Å². The van der Waals surface area contributed by atoms with Crippen molar-refractivity contribution in [2.75, 3.05) is 5.32 Å². The monoisotopic (exact) mass is 237 g/mol. The molecule has 0 radical (unpaired) electrons. The first-order chi connectivity index (χ1) is 7.25. The van der Waals surface area contributed by atoms with E-state index in [0.29, 0.717) is 6.04 Å². The second-order valence-electron chi connectivity index (χ2n) is 3.85. The largest absolute Gasteiger partial charge is 0.381 e. The van der Waals surface area contributed by atoms with Gasteiger partial charge in [-0.05, 0) is 53.6 Å². The van der Waals surface area contributed by atoms with Gasteiger partial charge in [0.1, 0.15) is 0 Å². The number of hydrogen-bond acceptors (Lipinski definition) is 3. The molecule has 1 unspecified atom stereocenters. The Hall–Kier alpha value is -0.800. The van der Waals surface area contributed by atoms with Gasteiger partial charge in [0.15, 0.2) is 0 Å². The molecule has 80 valence electrons. The summed E-state index contributed by atoms with van der Waals surface area (Å²) in [6, 6.07) is 2.69. The molecular weight excluding hydrogens is 222 g/mol. The van der Waals surface area contributed by atoms with Crippen molar-refractivity contribution < 1.29 is 0 Å². The van der Waals surface area contributed by atoms with Crippen molar-refractivity contribution in [3.8, 4) is 0 Å². The number of anilines is 1. The van der Waals surface area contributed by atoms with Crippen LogP contribution in [0.15, 0.2) is 27.6 Å². The maximum atomic E-state index is 3.54. The zero-order chi connectivity index (χ0) is 10.7. The molecule has 2 rings (SSSR count). The Morgan fingerprint density at radius 3 is 2.73 bits per heavy atom. The second kappa shape index (κ2) is 4.81. The molecule has 0 saturated heterocycles. The van der Waals surface area contributed by atoms with E-state index in [1.807, 2.05) is 0 Å². The van der Waals surface area contributed by atoms with E-state index in [4.69, 9.17) is 0 Å². The maximum Gasteiger partial charge on any atom is 0.0480 e. The fourth-order valence-electron chi connectivity index (χ4n) is 1.59. The van der Waals surface area contributed by atoms with Crippen molar-refractivity contribution >= 4 is 28.4 Å². The van der Waals surface area contributed by atoms with E-state index in [9.17, 15) is 0 Å². The second-order valence-corrected chi connectivity index (χ2v) is 5.37. The van der Waals surface area contributed by atoms with E-state index in [-0.39, 0.29) is 0 Å². The maximum absolute atomic E-state index is 3.54. The Balaban J connectivity index is 1.93. The van der Waals surface area contributed by atoms with Crippen LogP contribution in [-0.4, -0.2) is 6.04 Å². The van der Waals surface area contributed by atoms with Gasteiger partial charge in [-0.2, -0.15) is 11.3 Å². The molecule has 0 bridgehead atoms. The lowest BCUT2D eigenvalue weighted by atomic mass is 10.1. The molecule has 1 N–H and O–H groups in total. The normalized spacial score (nSPS) is 12.7. The topological polar surface area (TPSA) is 12.0 Å².